The number of halogens is 1. The number of aryl methyl sites for hydroxylation is 1. The van der Waals surface area contributed by atoms with Gasteiger partial charge in [0.1, 0.15) is 5.82 Å². The lowest BCUT2D eigenvalue weighted by molar-refractivity contribution is -0.130. The molecule has 8 heteroatoms. The molecular weight excluding hydrogens is 385 g/mol. The first-order valence-electron chi connectivity index (χ1n) is 10.5. The highest BCUT2D eigenvalue weighted by Crippen LogP contribution is 2.28. The Hall–Kier alpha value is -2.74. The van der Waals surface area contributed by atoms with E-state index in [4.69, 9.17) is 0 Å². The van der Waals surface area contributed by atoms with Crippen LogP contribution in [-0.4, -0.2) is 63.6 Å². The highest BCUT2D eigenvalue weighted by Gasteiger charge is 2.32. The number of aromatic nitrogens is 2. The number of fused-ring (bicyclic) bond motifs is 1. The average molecular weight is 413 g/mol. The molecule has 2 aromatic rings. The summed E-state index contributed by atoms with van der Waals surface area (Å²) in [5, 5.41) is 7.42. The third-order valence-electron chi connectivity index (χ3n) is 6.29. The van der Waals surface area contributed by atoms with Gasteiger partial charge in [0.2, 0.25) is 5.91 Å². The van der Waals surface area contributed by atoms with Crippen molar-refractivity contribution < 1.29 is 14.0 Å². The van der Waals surface area contributed by atoms with Crippen LogP contribution in [0.2, 0.25) is 0 Å². The van der Waals surface area contributed by atoms with Crippen molar-refractivity contribution in [1.29, 1.82) is 0 Å². The Morgan fingerprint density at radius 2 is 1.87 bits per heavy atom. The molecule has 1 aromatic carbocycles. The monoisotopic (exact) mass is 413 g/mol. The maximum atomic E-state index is 13.1. The molecule has 0 unspecified atom stereocenters. The Bertz CT molecular complexity index is 932. The summed E-state index contributed by atoms with van der Waals surface area (Å²) >= 11 is 0. The molecule has 1 N–H and O–H groups in total. The zero-order valence-corrected chi connectivity index (χ0v) is 17.5. The number of benzene rings is 1. The maximum Gasteiger partial charge on any atom is 0.272 e. The van der Waals surface area contributed by atoms with Gasteiger partial charge in [-0.05, 0) is 37.0 Å². The molecule has 1 saturated heterocycles. The highest BCUT2D eigenvalue weighted by molar-refractivity contribution is 5.94. The van der Waals surface area contributed by atoms with E-state index >= 15 is 0 Å². The van der Waals surface area contributed by atoms with Gasteiger partial charge in [-0.15, -0.1) is 0 Å². The van der Waals surface area contributed by atoms with Crippen molar-refractivity contribution in [2.24, 2.45) is 7.05 Å². The second-order valence-electron chi connectivity index (χ2n) is 8.15. The van der Waals surface area contributed by atoms with E-state index in [0.29, 0.717) is 18.3 Å². The van der Waals surface area contributed by atoms with Crippen molar-refractivity contribution in [2.75, 3.05) is 26.2 Å². The van der Waals surface area contributed by atoms with Gasteiger partial charge in [-0.25, -0.2) is 4.39 Å². The van der Waals surface area contributed by atoms with Gasteiger partial charge in [0.25, 0.3) is 5.91 Å². The quantitative estimate of drug-likeness (QED) is 0.825. The van der Waals surface area contributed by atoms with Crippen LogP contribution in [0.15, 0.2) is 24.3 Å². The summed E-state index contributed by atoms with van der Waals surface area (Å²) < 4.78 is 14.9. The number of piperazine rings is 1. The molecule has 0 bridgehead atoms. The lowest BCUT2D eigenvalue weighted by atomic mass is 9.89. The van der Waals surface area contributed by atoms with E-state index in [9.17, 15) is 14.0 Å². The summed E-state index contributed by atoms with van der Waals surface area (Å²) in [6.07, 6.45) is 2.72. The van der Waals surface area contributed by atoms with Gasteiger partial charge in [-0.2, -0.15) is 5.10 Å². The Morgan fingerprint density at radius 3 is 2.53 bits per heavy atom. The smallest absolute Gasteiger partial charge is 0.272 e. The lowest BCUT2D eigenvalue weighted by Crippen LogP contribution is -2.52. The number of carbonyl (C=O) groups excluding carboxylic acids is 2. The predicted molar refractivity (Wildman–Crippen MR) is 110 cm³/mol. The topological polar surface area (TPSA) is 70.5 Å². The lowest BCUT2D eigenvalue weighted by Gasteiger charge is -2.40. The molecule has 30 heavy (non-hydrogen) atoms. The molecule has 1 aliphatic carbocycles. The molecule has 1 fully saturated rings. The van der Waals surface area contributed by atoms with Crippen LogP contribution >= 0.6 is 0 Å². The van der Waals surface area contributed by atoms with Crippen molar-refractivity contribution in [1.82, 2.24) is 24.9 Å². The van der Waals surface area contributed by atoms with E-state index in [1.807, 2.05) is 16.6 Å². The fourth-order valence-electron chi connectivity index (χ4n) is 4.54. The number of hydrogen-bond donors (Lipinski definition) is 1. The second kappa shape index (κ2) is 8.55. The number of carbonyl (C=O) groups is 2. The van der Waals surface area contributed by atoms with Crippen LogP contribution in [0.1, 0.15) is 40.7 Å². The zero-order valence-electron chi connectivity index (χ0n) is 17.5. The van der Waals surface area contributed by atoms with Crippen molar-refractivity contribution in [3.8, 4) is 0 Å². The zero-order chi connectivity index (χ0) is 21.3. The Labute approximate surface area is 175 Å². The molecule has 1 atom stereocenters. The minimum Gasteiger partial charge on any atom is -0.347 e. The number of rotatable bonds is 4. The van der Waals surface area contributed by atoms with Gasteiger partial charge in [0, 0.05) is 64.0 Å². The van der Waals surface area contributed by atoms with E-state index in [0.717, 1.165) is 62.3 Å². The molecule has 2 amide bonds. The molecule has 1 aromatic heterocycles. The third-order valence-corrected chi connectivity index (χ3v) is 6.29. The average Bonchev–Trinajstić information content (AvgIpc) is 3.09. The summed E-state index contributed by atoms with van der Waals surface area (Å²) in [6, 6.07) is 6.47. The summed E-state index contributed by atoms with van der Waals surface area (Å²) in [4.78, 5) is 28.8. The SMILES string of the molecule is CC(=O)N1CCN([C@H]2CCc3c(c(C(=O)NCc4ccc(F)cc4)nn3C)C2)CC1. The van der Waals surface area contributed by atoms with Gasteiger partial charge in [-0.3, -0.25) is 19.2 Å². The van der Waals surface area contributed by atoms with Gasteiger partial charge < -0.3 is 10.2 Å². The van der Waals surface area contributed by atoms with Crippen LogP contribution in [0.25, 0.3) is 0 Å². The van der Waals surface area contributed by atoms with Crippen LogP contribution in [-0.2, 0) is 31.2 Å². The molecule has 2 aliphatic rings. The first kappa shape index (κ1) is 20.5. The minimum absolute atomic E-state index is 0.132. The largest absolute Gasteiger partial charge is 0.347 e. The summed E-state index contributed by atoms with van der Waals surface area (Å²) in [5.74, 6) is -0.356. The van der Waals surface area contributed by atoms with Crippen molar-refractivity contribution in [2.45, 2.75) is 38.8 Å². The van der Waals surface area contributed by atoms with E-state index in [1.54, 1.807) is 19.1 Å². The molecule has 4 rings (SSSR count). The molecule has 1 aliphatic heterocycles. The standard InChI is InChI=1S/C22H28FN5O2/c1-15(29)27-9-11-28(12-10-27)18-7-8-20-19(13-18)21(25-26(20)2)22(30)24-14-16-3-5-17(23)6-4-16/h3-6,18H,7-14H2,1-2H3,(H,24,30)/t18-/m0/s1. The second-order valence-corrected chi connectivity index (χ2v) is 8.15. The van der Waals surface area contributed by atoms with Gasteiger partial charge >= 0.3 is 0 Å². The van der Waals surface area contributed by atoms with E-state index in [1.165, 1.54) is 12.1 Å². The van der Waals surface area contributed by atoms with Crippen LogP contribution in [0.3, 0.4) is 0 Å². The number of nitrogens with one attached hydrogen (secondary N) is 1. The van der Waals surface area contributed by atoms with Crippen LogP contribution in [0, 0.1) is 5.82 Å². The van der Waals surface area contributed by atoms with E-state index in [-0.39, 0.29) is 17.6 Å². The number of hydrogen-bond acceptors (Lipinski definition) is 4. The first-order valence-corrected chi connectivity index (χ1v) is 10.5. The molecule has 160 valence electrons. The number of nitrogens with zero attached hydrogens (tertiary/aromatic N) is 4. The fraction of sp³-hybridized carbons (Fsp3) is 0.500. The summed E-state index contributed by atoms with van der Waals surface area (Å²) in [6.45, 7) is 5.21. The third kappa shape index (κ3) is 4.23. The normalized spacial score (nSPS) is 19.4. The van der Waals surface area contributed by atoms with Gasteiger partial charge in [0.05, 0.1) is 0 Å². The summed E-state index contributed by atoms with van der Waals surface area (Å²) in [5.41, 5.74) is 3.48. The molecule has 7 nitrogen and oxygen atoms in total. The maximum absolute atomic E-state index is 13.1. The molecule has 2 heterocycles. The van der Waals surface area contributed by atoms with Gasteiger partial charge in [0.15, 0.2) is 5.69 Å². The fourth-order valence-corrected chi connectivity index (χ4v) is 4.54. The Balaban J connectivity index is 1.43. The predicted octanol–water partition coefficient (Wildman–Crippen LogP) is 1.51. The Kier molecular flexibility index (Phi) is 5.85. The molecule has 0 radical (unpaired) electrons. The van der Waals surface area contributed by atoms with Crippen LogP contribution in [0.4, 0.5) is 4.39 Å². The van der Waals surface area contributed by atoms with E-state index in [2.05, 4.69) is 15.3 Å². The molecule has 0 spiro atoms. The van der Waals surface area contributed by atoms with Crippen molar-refractivity contribution in [3.05, 3.63) is 52.6 Å². The van der Waals surface area contributed by atoms with Crippen molar-refractivity contribution >= 4 is 11.8 Å². The Morgan fingerprint density at radius 1 is 1.17 bits per heavy atom. The molecule has 0 saturated carbocycles. The highest BCUT2D eigenvalue weighted by atomic mass is 19.1. The van der Waals surface area contributed by atoms with Crippen LogP contribution < -0.4 is 5.32 Å². The van der Waals surface area contributed by atoms with Crippen molar-refractivity contribution in [3.63, 3.8) is 0 Å². The van der Waals surface area contributed by atoms with E-state index < -0.39 is 0 Å². The number of amides is 2. The minimum atomic E-state index is -0.293. The van der Waals surface area contributed by atoms with Gasteiger partial charge in [-0.1, -0.05) is 12.1 Å². The summed E-state index contributed by atoms with van der Waals surface area (Å²) in [7, 11) is 1.89. The van der Waals surface area contributed by atoms with Crippen LogP contribution in [0.5, 0.6) is 0 Å². The first-order chi connectivity index (χ1) is 14.4. The molecular formula is C22H28FN5O2.